The van der Waals surface area contributed by atoms with E-state index < -0.39 is 50.0 Å². The fourth-order valence-electron chi connectivity index (χ4n) is 1.44. The Morgan fingerprint density at radius 2 is 2.19 bits per heavy atom. The molecule has 1 atom stereocenters. The number of halogens is 1. The number of rotatable bonds is 6. The first-order valence-electron chi connectivity index (χ1n) is 5.38. The van der Waals surface area contributed by atoms with E-state index in [1.54, 1.807) is 4.72 Å². The van der Waals surface area contributed by atoms with Crippen LogP contribution in [0.1, 0.15) is 0 Å². The molecule has 0 amide bonds. The lowest BCUT2D eigenvalue weighted by atomic mass is 10.3. The van der Waals surface area contributed by atoms with Gasteiger partial charge < -0.3 is 9.84 Å². The highest BCUT2D eigenvalue weighted by molar-refractivity contribution is 7.89. The Bertz CT molecular complexity index is 661. The van der Waals surface area contributed by atoms with Crippen LogP contribution in [0.15, 0.2) is 23.1 Å². The van der Waals surface area contributed by atoms with E-state index >= 15 is 0 Å². The number of sulfonamides is 1. The van der Waals surface area contributed by atoms with Crippen molar-refractivity contribution in [1.29, 1.82) is 0 Å². The summed E-state index contributed by atoms with van der Waals surface area (Å²) in [5, 5.41) is 19.7. The predicted octanol–water partition coefficient (Wildman–Crippen LogP) is -0.454. The van der Waals surface area contributed by atoms with Gasteiger partial charge in [-0.2, -0.15) is 9.11 Å². The molecule has 0 aliphatic rings. The molecule has 0 saturated carbocycles. The number of nitrogens with one attached hydrogen (secondary N) is 1. The molecule has 0 fully saturated rings. The number of hydrogen-bond donors (Lipinski definition) is 2. The first-order valence-corrected chi connectivity index (χ1v) is 6.86. The third-order valence-corrected chi connectivity index (χ3v) is 3.89. The van der Waals surface area contributed by atoms with Gasteiger partial charge >= 0.3 is 11.7 Å². The van der Waals surface area contributed by atoms with Crippen LogP contribution in [0.2, 0.25) is 0 Å². The monoisotopic (exact) mass is 322 g/mol. The predicted molar refractivity (Wildman–Crippen MR) is 66.3 cm³/mol. The largest absolute Gasteiger partial charge is 0.468 e. The van der Waals surface area contributed by atoms with Crippen molar-refractivity contribution < 1.29 is 32.4 Å². The van der Waals surface area contributed by atoms with Crippen molar-refractivity contribution >= 4 is 21.7 Å². The first kappa shape index (κ1) is 16.9. The molecule has 0 bridgehead atoms. The number of carbonyl (C=O) groups excluding carboxylic acids is 1. The van der Waals surface area contributed by atoms with Crippen LogP contribution in [-0.2, 0) is 19.6 Å². The number of aliphatic hydroxyl groups excluding tert-OH is 1. The van der Waals surface area contributed by atoms with Gasteiger partial charge in [0.1, 0.15) is 6.04 Å². The lowest BCUT2D eigenvalue weighted by Gasteiger charge is -2.14. The maximum absolute atomic E-state index is 13.4. The summed E-state index contributed by atoms with van der Waals surface area (Å²) in [5.74, 6) is -2.44. The van der Waals surface area contributed by atoms with Crippen molar-refractivity contribution in [3.63, 3.8) is 0 Å². The van der Waals surface area contributed by atoms with E-state index in [-0.39, 0.29) is 0 Å². The molecule has 0 aromatic heterocycles. The number of carbonyl (C=O) groups is 1. The SMILES string of the molecule is COC(=O)C(CO)NS(=O)(=O)c1cccc(F)c1[N+](=O)[O-]. The third-order valence-electron chi connectivity index (χ3n) is 2.39. The zero-order valence-corrected chi connectivity index (χ0v) is 11.5. The number of nitrogens with zero attached hydrogens (tertiary/aromatic N) is 1. The van der Waals surface area contributed by atoms with Crippen LogP contribution >= 0.6 is 0 Å². The summed E-state index contributed by atoms with van der Waals surface area (Å²) in [4.78, 5) is 19.8. The molecule has 11 heteroatoms. The Morgan fingerprint density at radius 1 is 1.57 bits per heavy atom. The van der Waals surface area contributed by atoms with E-state index in [0.29, 0.717) is 0 Å². The highest BCUT2D eigenvalue weighted by Gasteiger charge is 2.33. The number of ether oxygens (including phenoxy) is 1. The van der Waals surface area contributed by atoms with Gasteiger partial charge in [-0.1, -0.05) is 6.07 Å². The van der Waals surface area contributed by atoms with Crippen LogP contribution in [0.5, 0.6) is 0 Å². The number of aliphatic hydroxyl groups is 1. The lowest BCUT2D eigenvalue weighted by Crippen LogP contribution is -2.44. The van der Waals surface area contributed by atoms with Gasteiger partial charge in [0.2, 0.25) is 15.8 Å². The fraction of sp³-hybridized carbons (Fsp3) is 0.300. The quantitative estimate of drug-likeness (QED) is 0.411. The summed E-state index contributed by atoms with van der Waals surface area (Å²) < 4.78 is 43.4. The average Bonchev–Trinajstić information content (AvgIpc) is 2.43. The number of nitro groups is 1. The van der Waals surface area contributed by atoms with E-state index in [0.717, 1.165) is 25.3 Å². The van der Waals surface area contributed by atoms with Gasteiger partial charge in [0.15, 0.2) is 4.90 Å². The molecule has 0 radical (unpaired) electrons. The fourth-order valence-corrected chi connectivity index (χ4v) is 2.80. The average molecular weight is 322 g/mol. The molecule has 2 N–H and O–H groups in total. The van der Waals surface area contributed by atoms with Crippen molar-refractivity contribution in [2.75, 3.05) is 13.7 Å². The molecule has 1 aromatic rings. The Kier molecular flexibility index (Phi) is 5.29. The minimum absolute atomic E-state index is 0.723. The van der Waals surface area contributed by atoms with Crippen molar-refractivity contribution in [3.8, 4) is 0 Å². The van der Waals surface area contributed by atoms with Crippen LogP contribution < -0.4 is 4.72 Å². The van der Waals surface area contributed by atoms with Gasteiger partial charge in [-0.25, -0.2) is 8.42 Å². The number of para-hydroxylation sites is 1. The van der Waals surface area contributed by atoms with Gasteiger partial charge in [-0.15, -0.1) is 0 Å². The highest BCUT2D eigenvalue weighted by Crippen LogP contribution is 2.26. The summed E-state index contributed by atoms with van der Waals surface area (Å²) in [6.07, 6.45) is 0. The molecular weight excluding hydrogens is 311 g/mol. The van der Waals surface area contributed by atoms with Gasteiger partial charge in [-0.05, 0) is 12.1 Å². The molecule has 0 heterocycles. The molecule has 0 aliphatic carbocycles. The van der Waals surface area contributed by atoms with Gasteiger partial charge in [-0.3, -0.25) is 14.9 Å². The number of nitro benzene ring substituents is 1. The van der Waals surface area contributed by atoms with E-state index in [9.17, 15) is 27.7 Å². The Morgan fingerprint density at radius 3 is 2.67 bits per heavy atom. The van der Waals surface area contributed by atoms with Crippen LogP contribution in [0, 0.1) is 15.9 Å². The molecular formula is C10H11FN2O7S. The third kappa shape index (κ3) is 3.71. The Hall–Kier alpha value is -2.11. The number of esters is 1. The zero-order valence-electron chi connectivity index (χ0n) is 10.6. The molecule has 1 aromatic carbocycles. The second kappa shape index (κ2) is 6.56. The second-order valence-electron chi connectivity index (χ2n) is 3.72. The standard InChI is InChI=1S/C10H11FN2O7S/c1-20-10(15)7(5-14)12-21(18,19)8-4-2-3-6(11)9(8)13(16)17/h2-4,7,12,14H,5H2,1H3. The summed E-state index contributed by atoms with van der Waals surface area (Å²) in [6.45, 7) is -0.935. The number of methoxy groups -OCH3 is 1. The molecule has 9 nitrogen and oxygen atoms in total. The summed E-state index contributed by atoms with van der Waals surface area (Å²) in [5.41, 5.74) is -1.26. The normalized spacial score (nSPS) is 12.7. The highest BCUT2D eigenvalue weighted by atomic mass is 32.2. The summed E-state index contributed by atoms with van der Waals surface area (Å²) >= 11 is 0. The van der Waals surface area contributed by atoms with E-state index in [1.165, 1.54) is 0 Å². The van der Waals surface area contributed by atoms with Crippen LogP contribution in [0.3, 0.4) is 0 Å². The molecule has 0 spiro atoms. The minimum Gasteiger partial charge on any atom is -0.468 e. The van der Waals surface area contributed by atoms with Crippen molar-refractivity contribution in [1.82, 2.24) is 4.72 Å². The van der Waals surface area contributed by atoms with E-state index in [1.807, 2.05) is 0 Å². The van der Waals surface area contributed by atoms with Crippen molar-refractivity contribution in [3.05, 3.63) is 34.1 Å². The van der Waals surface area contributed by atoms with Crippen LogP contribution in [-0.4, -0.2) is 44.2 Å². The maximum atomic E-state index is 13.4. The zero-order chi connectivity index (χ0) is 16.2. The molecule has 0 saturated heterocycles. The topological polar surface area (TPSA) is 136 Å². The van der Waals surface area contributed by atoms with Gasteiger partial charge in [0.05, 0.1) is 18.6 Å². The van der Waals surface area contributed by atoms with Gasteiger partial charge in [0, 0.05) is 0 Å². The van der Waals surface area contributed by atoms with Crippen LogP contribution in [0.4, 0.5) is 10.1 Å². The first-order chi connectivity index (χ1) is 9.74. The van der Waals surface area contributed by atoms with Gasteiger partial charge in [0.25, 0.3) is 0 Å². The summed E-state index contributed by atoms with van der Waals surface area (Å²) in [7, 11) is -3.66. The molecule has 21 heavy (non-hydrogen) atoms. The molecule has 0 aliphatic heterocycles. The molecule has 116 valence electrons. The van der Waals surface area contributed by atoms with Crippen LogP contribution in [0.25, 0.3) is 0 Å². The number of benzene rings is 1. The smallest absolute Gasteiger partial charge is 0.326 e. The van der Waals surface area contributed by atoms with E-state index in [4.69, 9.17) is 5.11 Å². The van der Waals surface area contributed by atoms with Crippen molar-refractivity contribution in [2.45, 2.75) is 10.9 Å². The lowest BCUT2D eigenvalue weighted by molar-refractivity contribution is -0.390. The number of hydrogen-bond acceptors (Lipinski definition) is 7. The van der Waals surface area contributed by atoms with Crippen molar-refractivity contribution in [2.24, 2.45) is 0 Å². The maximum Gasteiger partial charge on any atom is 0.326 e. The van der Waals surface area contributed by atoms with E-state index in [2.05, 4.69) is 4.74 Å². The Labute approximate surface area is 118 Å². The molecule has 1 unspecified atom stereocenters. The second-order valence-corrected chi connectivity index (χ2v) is 5.41. The summed E-state index contributed by atoms with van der Waals surface area (Å²) in [6, 6.07) is 0.821. The Balaban J connectivity index is 3.29. The minimum atomic E-state index is -4.62. The molecule has 1 rings (SSSR count).